The van der Waals surface area contributed by atoms with Crippen molar-refractivity contribution in [2.24, 2.45) is 0 Å². The van der Waals surface area contributed by atoms with Gasteiger partial charge in [0.1, 0.15) is 5.69 Å². The van der Waals surface area contributed by atoms with Gasteiger partial charge in [0.15, 0.2) is 11.5 Å². The average molecular weight is 361 g/mol. The standard InChI is InChI=1S/C19H19N7O/c1-11-7-16(24-26-10-12(2)22-18(11)26)17-21-9-14-15(23-17)4-6-25(19(14)27)13-3-5-20-8-13/h4,6-7,9-10,13,20H,3,5,8H2,1-2H3. The summed E-state index contributed by atoms with van der Waals surface area (Å²) in [5, 5.41) is 8.40. The summed E-state index contributed by atoms with van der Waals surface area (Å²) in [6, 6.07) is 4.00. The average Bonchev–Trinajstić information content (AvgIpc) is 3.31. The van der Waals surface area contributed by atoms with Gasteiger partial charge in [-0.3, -0.25) is 4.79 Å². The molecule has 0 saturated carbocycles. The van der Waals surface area contributed by atoms with E-state index in [4.69, 9.17) is 0 Å². The second-order valence-corrected chi connectivity index (χ2v) is 7.03. The smallest absolute Gasteiger partial charge is 0.261 e. The molecule has 27 heavy (non-hydrogen) atoms. The fourth-order valence-electron chi connectivity index (χ4n) is 3.69. The van der Waals surface area contributed by atoms with Crippen molar-refractivity contribution < 1.29 is 0 Å². The van der Waals surface area contributed by atoms with Gasteiger partial charge in [-0.2, -0.15) is 5.10 Å². The molecule has 1 aliphatic heterocycles. The van der Waals surface area contributed by atoms with Gasteiger partial charge in [0.25, 0.3) is 5.56 Å². The van der Waals surface area contributed by atoms with Crippen LogP contribution in [-0.2, 0) is 0 Å². The van der Waals surface area contributed by atoms with Gasteiger partial charge in [0.2, 0.25) is 0 Å². The summed E-state index contributed by atoms with van der Waals surface area (Å²) in [5.74, 6) is 0.499. The van der Waals surface area contributed by atoms with E-state index in [1.54, 1.807) is 15.3 Å². The predicted octanol–water partition coefficient (Wildman–Crippen LogP) is 1.65. The number of aromatic nitrogens is 6. The van der Waals surface area contributed by atoms with Crippen LogP contribution in [0.5, 0.6) is 0 Å². The van der Waals surface area contributed by atoms with Crippen molar-refractivity contribution in [3.05, 3.63) is 52.3 Å². The lowest BCUT2D eigenvalue weighted by Gasteiger charge is -2.13. The third-order valence-electron chi connectivity index (χ3n) is 5.06. The van der Waals surface area contributed by atoms with E-state index in [0.29, 0.717) is 22.4 Å². The molecule has 5 heterocycles. The topological polar surface area (TPSA) is 90.0 Å². The Morgan fingerprint density at radius 2 is 2.15 bits per heavy atom. The molecule has 0 aliphatic carbocycles. The van der Waals surface area contributed by atoms with E-state index >= 15 is 0 Å². The summed E-state index contributed by atoms with van der Waals surface area (Å²) in [6.07, 6.45) is 6.28. The molecule has 5 rings (SSSR count). The molecule has 1 aliphatic rings. The van der Waals surface area contributed by atoms with Gasteiger partial charge in [-0.15, -0.1) is 0 Å². The van der Waals surface area contributed by atoms with Crippen molar-refractivity contribution in [3.63, 3.8) is 0 Å². The largest absolute Gasteiger partial charge is 0.315 e. The summed E-state index contributed by atoms with van der Waals surface area (Å²) in [7, 11) is 0. The second kappa shape index (κ2) is 5.95. The number of aryl methyl sites for hydroxylation is 2. The summed E-state index contributed by atoms with van der Waals surface area (Å²) in [5.41, 5.74) is 3.98. The zero-order valence-corrected chi connectivity index (χ0v) is 15.2. The van der Waals surface area contributed by atoms with Crippen LogP contribution in [-0.4, -0.2) is 42.2 Å². The van der Waals surface area contributed by atoms with Crippen LogP contribution in [0.4, 0.5) is 0 Å². The molecule has 0 aromatic carbocycles. The van der Waals surface area contributed by atoms with Crippen LogP contribution in [0.25, 0.3) is 28.1 Å². The van der Waals surface area contributed by atoms with E-state index < -0.39 is 0 Å². The molecule has 1 atom stereocenters. The van der Waals surface area contributed by atoms with Crippen LogP contribution in [0.2, 0.25) is 0 Å². The highest BCUT2D eigenvalue weighted by molar-refractivity contribution is 5.78. The van der Waals surface area contributed by atoms with Gasteiger partial charge in [0.05, 0.1) is 28.8 Å². The lowest BCUT2D eigenvalue weighted by atomic mass is 10.2. The quantitative estimate of drug-likeness (QED) is 0.584. The van der Waals surface area contributed by atoms with Gasteiger partial charge in [-0.05, 0) is 44.5 Å². The summed E-state index contributed by atoms with van der Waals surface area (Å²) >= 11 is 0. The second-order valence-electron chi connectivity index (χ2n) is 7.03. The first-order valence-corrected chi connectivity index (χ1v) is 9.03. The first-order chi connectivity index (χ1) is 13.1. The van der Waals surface area contributed by atoms with E-state index in [-0.39, 0.29) is 11.6 Å². The lowest BCUT2D eigenvalue weighted by molar-refractivity contribution is 0.532. The molecule has 8 nitrogen and oxygen atoms in total. The van der Waals surface area contributed by atoms with Crippen LogP contribution in [0, 0.1) is 13.8 Å². The van der Waals surface area contributed by atoms with Crippen molar-refractivity contribution >= 4 is 16.6 Å². The normalized spacial score (nSPS) is 17.2. The van der Waals surface area contributed by atoms with Crippen molar-refractivity contribution in [1.82, 2.24) is 34.4 Å². The Kier molecular flexibility index (Phi) is 3.54. The van der Waals surface area contributed by atoms with E-state index in [0.717, 1.165) is 36.4 Å². The molecule has 1 fully saturated rings. The highest BCUT2D eigenvalue weighted by Gasteiger charge is 2.19. The van der Waals surface area contributed by atoms with Crippen molar-refractivity contribution in [2.45, 2.75) is 26.3 Å². The molecule has 0 amide bonds. The third-order valence-corrected chi connectivity index (χ3v) is 5.06. The molecule has 4 aromatic heterocycles. The molecule has 0 radical (unpaired) electrons. The molecular weight excluding hydrogens is 342 g/mol. The molecule has 4 aromatic rings. The van der Waals surface area contributed by atoms with Crippen molar-refractivity contribution in [3.8, 4) is 11.5 Å². The zero-order valence-electron chi connectivity index (χ0n) is 15.2. The fourth-order valence-corrected chi connectivity index (χ4v) is 3.69. The highest BCUT2D eigenvalue weighted by Crippen LogP contribution is 2.20. The number of pyridine rings is 1. The van der Waals surface area contributed by atoms with Gasteiger partial charge in [-0.25, -0.2) is 19.5 Å². The molecule has 1 N–H and O–H groups in total. The SMILES string of the molecule is Cc1cn2nc(-c3ncc4c(=O)n(C5CCNC5)ccc4n3)cc(C)c2n1. The molecule has 0 bridgehead atoms. The molecule has 1 unspecified atom stereocenters. The number of fused-ring (bicyclic) bond motifs is 2. The molecule has 8 heteroatoms. The minimum Gasteiger partial charge on any atom is -0.315 e. The van der Waals surface area contributed by atoms with E-state index in [2.05, 4.69) is 25.4 Å². The van der Waals surface area contributed by atoms with Crippen LogP contribution in [0.3, 0.4) is 0 Å². The fraction of sp³-hybridized carbons (Fsp3) is 0.316. The number of hydrogen-bond acceptors (Lipinski definition) is 6. The molecule has 0 spiro atoms. The maximum Gasteiger partial charge on any atom is 0.261 e. The molecule has 1 saturated heterocycles. The van der Waals surface area contributed by atoms with E-state index in [9.17, 15) is 4.79 Å². The van der Waals surface area contributed by atoms with Gasteiger partial charge >= 0.3 is 0 Å². The van der Waals surface area contributed by atoms with Crippen LogP contribution in [0.1, 0.15) is 23.7 Å². The van der Waals surface area contributed by atoms with Gasteiger partial charge in [0, 0.05) is 18.9 Å². The molecule has 136 valence electrons. The number of nitrogens with one attached hydrogen (secondary N) is 1. The third kappa shape index (κ3) is 2.60. The minimum absolute atomic E-state index is 0.0439. The summed E-state index contributed by atoms with van der Waals surface area (Å²) < 4.78 is 3.53. The number of imidazole rings is 1. The van der Waals surface area contributed by atoms with E-state index in [1.807, 2.05) is 38.4 Å². The number of nitrogens with zero attached hydrogens (tertiary/aromatic N) is 6. The maximum absolute atomic E-state index is 12.8. The first kappa shape index (κ1) is 16.1. The Balaban J connectivity index is 1.62. The minimum atomic E-state index is -0.0439. The van der Waals surface area contributed by atoms with Crippen molar-refractivity contribution in [1.29, 1.82) is 0 Å². The number of rotatable bonds is 2. The van der Waals surface area contributed by atoms with Crippen LogP contribution >= 0.6 is 0 Å². The Morgan fingerprint density at radius 1 is 1.26 bits per heavy atom. The summed E-state index contributed by atoms with van der Waals surface area (Å²) in [6.45, 7) is 5.68. The van der Waals surface area contributed by atoms with E-state index in [1.165, 1.54) is 0 Å². The predicted molar refractivity (Wildman–Crippen MR) is 102 cm³/mol. The Hall–Kier alpha value is -3.13. The molecular formula is C19H19N7O. The lowest BCUT2D eigenvalue weighted by Crippen LogP contribution is -2.26. The van der Waals surface area contributed by atoms with Gasteiger partial charge < -0.3 is 9.88 Å². The zero-order chi connectivity index (χ0) is 18.5. The Bertz CT molecular complexity index is 1230. The first-order valence-electron chi connectivity index (χ1n) is 9.03. The Morgan fingerprint density at radius 3 is 2.96 bits per heavy atom. The Labute approximate surface area is 154 Å². The van der Waals surface area contributed by atoms with Crippen molar-refractivity contribution in [2.75, 3.05) is 13.1 Å². The van der Waals surface area contributed by atoms with Gasteiger partial charge in [-0.1, -0.05) is 0 Å². The van der Waals surface area contributed by atoms with Crippen LogP contribution in [0.15, 0.2) is 35.5 Å². The highest BCUT2D eigenvalue weighted by atomic mass is 16.1. The van der Waals surface area contributed by atoms with Crippen LogP contribution < -0.4 is 10.9 Å². The monoisotopic (exact) mass is 361 g/mol. The number of hydrogen-bond donors (Lipinski definition) is 1. The maximum atomic E-state index is 12.8. The summed E-state index contributed by atoms with van der Waals surface area (Å²) in [4.78, 5) is 26.3.